The van der Waals surface area contributed by atoms with Crippen LogP contribution in [0.3, 0.4) is 0 Å². The molecule has 2 aliphatic heterocycles. The van der Waals surface area contributed by atoms with Crippen molar-refractivity contribution in [2.75, 3.05) is 18.0 Å². The van der Waals surface area contributed by atoms with E-state index in [4.69, 9.17) is 0 Å². The van der Waals surface area contributed by atoms with Gasteiger partial charge in [-0.3, -0.25) is 4.90 Å². The van der Waals surface area contributed by atoms with Crippen LogP contribution in [0, 0.1) is 0 Å². The average Bonchev–Trinajstić information content (AvgIpc) is 3.45. The summed E-state index contributed by atoms with van der Waals surface area (Å²) in [6.07, 6.45) is 26.6. The predicted octanol–water partition coefficient (Wildman–Crippen LogP) is 10.0. The monoisotopic (exact) mass is 567 g/mol. The van der Waals surface area contributed by atoms with Gasteiger partial charge in [0.25, 0.3) is 0 Å². The maximum atomic E-state index is 2.60. The molecule has 0 spiro atoms. The first-order chi connectivity index (χ1) is 20.5. The molecule has 0 amide bonds. The average molecular weight is 568 g/mol. The fraction of sp³-hybridized carbons (Fsp3) is 0.550. The van der Waals surface area contributed by atoms with Gasteiger partial charge in [-0.05, 0) is 75.0 Å². The summed E-state index contributed by atoms with van der Waals surface area (Å²) in [7, 11) is 0. The van der Waals surface area contributed by atoms with Crippen molar-refractivity contribution in [2.45, 2.75) is 130 Å². The Labute approximate surface area is 258 Å². The van der Waals surface area contributed by atoms with E-state index >= 15 is 0 Å². The summed E-state index contributed by atoms with van der Waals surface area (Å²) >= 11 is 0. The highest BCUT2D eigenvalue weighted by Gasteiger charge is 2.47. The fourth-order valence-corrected chi connectivity index (χ4v) is 7.25. The zero-order chi connectivity index (χ0) is 29.8. The number of benzene rings is 2. The van der Waals surface area contributed by atoms with Crippen LogP contribution in [0.15, 0.2) is 84.1 Å². The molecule has 0 bridgehead atoms. The highest BCUT2D eigenvalue weighted by Crippen LogP contribution is 2.37. The Bertz CT molecular complexity index is 1200. The Kier molecular flexibility index (Phi) is 12.6. The van der Waals surface area contributed by atoms with E-state index in [1.54, 1.807) is 4.90 Å². The first-order valence-corrected chi connectivity index (χ1v) is 17.4. The van der Waals surface area contributed by atoms with Crippen molar-refractivity contribution in [2.24, 2.45) is 0 Å². The standard InChI is InChI=1S/C40H58N2/c1-6-9-11-13-19-30-41-35(32-34-22-15-17-24-37(34)41)28-26-33(21-8-3)27-29-39-40(4,5)36-23-16-18-25-38(36)42(39)31-20-14-12-10-7-2/h15-18,22-29,39H,6-14,19-21,30-32H2,1-5H3/p+1/b29-27+,33-26+,35-28-. The molecule has 2 atom stereocenters. The van der Waals surface area contributed by atoms with Crippen LogP contribution in [0.4, 0.5) is 11.4 Å². The summed E-state index contributed by atoms with van der Waals surface area (Å²) in [6.45, 7) is 14.2. The van der Waals surface area contributed by atoms with E-state index in [1.807, 2.05) is 0 Å². The van der Waals surface area contributed by atoms with Crippen LogP contribution in [-0.2, 0) is 11.8 Å². The SMILES string of the molecule is CCCCCCCN1\C(=C/C=C(/C=C/C2[NH+](CCCCCCC)c3ccccc3C2(C)C)CCC)Cc2ccccc21. The maximum Gasteiger partial charge on any atom is 0.135 e. The van der Waals surface area contributed by atoms with Crippen molar-refractivity contribution in [3.05, 3.63) is 95.2 Å². The lowest BCUT2D eigenvalue weighted by Gasteiger charge is -2.28. The summed E-state index contributed by atoms with van der Waals surface area (Å²) < 4.78 is 0. The van der Waals surface area contributed by atoms with Gasteiger partial charge in [-0.2, -0.15) is 0 Å². The van der Waals surface area contributed by atoms with Gasteiger partial charge in [0, 0.05) is 29.9 Å². The van der Waals surface area contributed by atoms with Gasteiger partial charge in [-0.15, -0.1) is 0 Å². The second kappa shape index (κ2) is 16.3. The highest BCUT2D eigenvalue weighted by molar-refractivity contribution is 5.65. The molecule has 1 N–H and O–H groups in total. The number of allylic oxidation sites excluding steroid dienone is 5. The molecular weight excluding hydrogens is 508 g/mol. The molecule has 0 saturated heterocycles. The second-order valence-corrected chi connectivity index (χ2v) is 13.3. The molecular formula is C40H59N2+. The number of unbranched alkanes of at least 4 members (excludes halogenated alkanes) is 8. The van der Waals surface area contributed by atoms with Crippen molar-refractivity contribution in [3.8, 4) is 0 Å². The molecule has 2 heteroatoms. The number of nitrogens with zero attached hydrogens (tertiary/aromatic N) is 1. The Morgan fingerprint density at radius 3 is 2.29 bits per heavy atom. The minimum absolute atomic E-state index is 0.128. The summed E-state index contributed by atoms with van der Waals surface area (Å²) in [5.74, 6) is 0. The van der Waals surface area contributed by atoms with E-state index in [1.165, 1.54) is 111 Å². The van der Waals surface area contributed by atoms with E-state index in [9.17, 15) is 0 Å². The quantitative estimate of drug-likeness (QED) is 0.148. The lowest BCUT2D eigenvalue weighted by Crippen LogP contribution is -3.10. The van der Waals surface area contributed by atoms with Crippen molar-refractivity contribution < 1.29 is 4.90 Å². The zero-order valence-corrected chi connectivity index (χ0v) is 27.6. The van der Waals surface area contributed by atoms with Crippen LogP contribution < -0.4 is 9.80 Å². The minimum Gasteiger partial charge on any atom is -0.345 e. The van der Waals surface area contributed by atoms with Crippen LogP contribution in [-0.4, -0.2) is 19.1 Å². The van der Waals surface area contributed by atoms with Crippen LogP contribution >= 0.6 is 0 Å². The number of nitrogens with one attached hydrogen (secondary N) is 1. The first-order valence-electron chi connectivity index (χ1n) is 17.4. The van der Waals surface area contributed by atoms with Crippen LogP contribution in [0.2, 0.25) is 0 Å². The maximum absolute atomic E-state index is 2.60. The molecule has 2 aromatic carbocycles. The van der Waals surface area contributed by atoms with Crippen molar-refractivity contribution in [3.63, 3.8) is 0 Å². The van der Waals surface area contributed by atoms with Crippen LogP contribution in [0.5, 0.6) is 0 Å². The van der Waals surface area contributed by atoms with Gasteiger partial charge in [-0.1, -0.05) is 121 Å². The van der Waals surface area contributed by atoms with E-state index < -0.39 is 0 Å². The van der Waals surface area contributed by atoms with Crippen LogP contribution in [0.1, 0.15) is 123 Å². The Balaban J connectivity index is 1.53. The molecule has 228 valence electrons. The largest absolute Gasteiger partial charge is 0.345 e. The molecule has 0 radical (unpaired) electrons. The fourth-order valence-electron chi connectivity index (χ4n) is 7.25. The van der Waals surface area contributed by atoms with Crippen LogP contribution in [0.25, 0.3) is 0 Å². The molecule has 0 fully saturated rings. The molecule has 2 nitrogen and oxygen atoms in total. The summed E-state index contributed by atoms with van der Waals surface area (Å²) in [6, 6.07) is 18.7. The molecule has 42 heavy (non-hydrogen) atoms. The number of quaternary nitrogens is 1. The number of para-hydroxylation sites is 2. The second-order valence-electron chi connectivity index (χ2n) is 13.3. The van der Waals surface area contributed by atoms with Gasteiger partial charge in [0.1, 0.15) is 11.7 Å². The summed E-state index contributed by atoms with van der Waals surface area (Å²) in [4.78, 5) is 4.27. The third kappa shape index (κ3) is 8.07. The summed E-state index contributed by atoms with van der Waals surface area (Å²) in [5.41, 5.74) is 8.99. The van der Waals surface area contributed by atoms with Gasteiger partial charge in [0.15, 0.2) is 0 Å². The number of hydrogen-bond donors (Lipinski definition) is 1. The molecule has 0 saturated carbocycles. The van der Waals surface area contributed by atoms with Gasteiger partial charge in [0.05, 0.1) is 12.0 Å². The lowest BCUT2D eigenvalue weighted by molar-refractivity contribution is -0.850. The predicted molar refractivity (Wildman–Crippen MR) is 184 cm³/mol. The molecule has 2 aromatic rings. The van der Waals surface area contributed by atoms with E-state index in [2.05, 4.69) is 112 Å². The number of anilines is 1. The molecule has 2 heterocycles. The van der Waals surface area contributed by atoms with E-state index in [-0.39, 0.29) is 5.41 Å². The Morgan fingerprint density at radius 2 is 1.52 bits per heavy atom. The van der Waals surface area contributed by atoms with Crippen molar-refractivity contribution in [1.29, 1.82) is 0 Å². The molecule has 4 rings (SSSR count). The van der Waals surface area contributed by atoms with Crippen molar-refractivity contribution >= 4 is 11.4 Å². The van der Waals surface area contributed by atoms with Gasteiger partial charge in [0.2, 0.25) is 0 Å². The first kappa shape index (κ1) is 32.3. The minimum atomic E-state index is 0.128. The number of fused-ring (bicyclic) bond motifs is 2. The third-order valence-corrected chi connectivity index (χ3v) is 9.69. The molecule has 2 aliphatic rings. The Morgan fingerprint density at radius 1 is 0.833 bits per heavy atom. The number of rotatable bonds is 17. The molecule has 0 aliphatic carbocycles. The lowest BCUT2D eigenvalue weighted by atomic mass is 9.80. The topological polar surface area (TPSA) is 7.68 Å². The highest BCUT2D eigenvalue weighted by atomic mass is 15.2. The zero-order valence-electron chi connectivity index (χ0n) is 27.6. The third-order valence-electron chi connectivity index (χ3n) is 9.69. The van der Waals surface area contributed by atoms with Gasteiger partial charge >= 0.3 is 0 Å². The van der Waals surface area contributed by atoms with Gasteiger partial charge < -0.3 is 4.90 Å². The molecule has 2 unspecified atom stereocenters. The van der Waals surface area contributed by atoms with E-state index in [0.717, 1.165) is 19.4 Å². The molecule has 0 aromatic heterocycles. The number of hydrogen-bond acceptors (Lipinski definition) is 1. The van der Waals surface area contributed by atoms with E-state index in [0.29, 0.717) is 6.04 Å². The summed E-state index contributed by atoms with van der Waals surface area (Å²) in [5, 5.41) is 0. The van der Waals surface area contributed by atoms with Crippen molar-refractivity contribution in [1.82, 2.24) is 0 Å². The normalized spacial score (nSPS) is 20.5. The van der Waals surface area contributed by atoms with Gasteiger partial charge in [-0.25, -0.2) is 0 Å². The smallest absolute Gasteiger partial charge is 0.135 e. The Hall–Kier alpha value is -2.58.